The molecule has 0 spiro atoms. The third-order valence-electron chi connectivity index (χ3n) is 13.4. The van der Waals surface area contributed by atoms with Crippen LogP contribution in [-0.4, -0.2) is 11.3 Å². The molecule has 3 heterocycles. The first-order valence-corrected chi connectivity index (χ1v) is 22.1. The van der Waals surface area contributed by atoms with Crippen LogP contribution in [0.2, 0.25) is 0 Å². The van der Waals surface area contributed by atoms with Gasteiger partial charge in [-0.2, -0.15) is 0 Å². The normalized spacial score (nSPS) is 12.6. The van der Waals surface area contributed by atoms with Crippen molar-refractivity contribution in [1.29, 1.82) is 0 Å². The first-order valence-electron chi connectivity index (χ1n) is 22.1. The predicted octanol–water partition coefficient (Wildman–Crippen LogP) is 13.9. The van der Waals surface area contributed by atoms with E-state index in [1.165, 1.54) is 94.3 Å². The lowest BCUT2D eigenvalue weighted by Crippen LogP contribution is -2.61. The van der Waals surface area contributed by atoms with Crippen molar-refractivity contribution < 1.29 is 0 Å². The zero-order valence-electron chi connectivity index (χ0n) is 35.0. The van der Waals surface area contributed by atoms with Crippen LogP contribution >= 0.6 is 0 Å². The monoisotopic (exact) mass is 813 g/mol. The minimum atomic E-state index is -0.0498. The Balaban J connectivity index is 1.12. The van der Waals surface area contributed by atoms with Crippen LogP contribution in [0.25, 0.3) is 60.9 Å². The van der Waals surface area contributed by atoms with Crippen molar-refractivity contribution in [1.82, 2.24) is 4.57 Å². The summed E-state index contributed by atoms with van der Waals surface area (Å²) in [4.78, 5) is 5.05. The maximum atomic E-state index is 2.56. The van der Waals surface area contributed by atoms with Gasteiger partial charge in [0.15, 0.2) is 0 Å². The molecule has 0 bridgehead atoms. The summed E-state index contributed by atoms with van der Waals surface area (Å²) < 4.78 is 2.49. The van der Waals surface area contributed by atoms with E-state index in [0.29, 0.717) is 0 Å². The fraction of sp³-hybridized carbons (Fsp3) is 0. The molecule has 10 aromatic carbocycles. The zero-order valence-corrected chi connectivity index (χ0v) is 35.0. The van der Waals surface area contributed by atoms with E-state index < -0.39 is 0 Å². The molecule has 0 fully saturated rings. The van der Waals surface area contributed by atoms with Gasteiger partial charge < -0.3 is 14.4 Å². The molecule has 64 heavy (non-hydrogen) atoms. The van der Waals surface area contributed by atoms with Crippen LogP contribution in [0.4, 0.5) is 34.1 Å². The molecular formula is C60H40BN3. The van der Waals surface area contributed by atoms with Gasteiger partial charge in [-0.15, -0.1) is 0 Å². The van der Waals surface area contributed by atoms with Gasteiger partial charge in [0.25, 0.3) is 6.71 Å². The lowest BCUT2D eigenvalue weighted by Gasteiger charge is -2.44. The van der Waals surface area contributed by atoms with Crippen molar-refractivity contribution >= 4 is 79.0 Å². The molecular weight excluding hydrogens is 773 g/mol. The lowest BCUT2D eigenvalue weighted by atomic mass is 9.33. The Hall–Kier alpha value is -8.34. The van der Waals surface area contributed by atoms with Gasteiger partial charge in [-0.1, -0.05) is 182 Å². The van der Waals surface area contributed by atoms with E-state index in [2.05, 4.69) is 257 Å². The number of benzene rings is 10. The van der Waals surface area contributed by atoms with Gasteiger partial charge in [-0.3, -0.25) is 0 Å². The number of fused-ring (bicyclic) bond motifs is 8. The molecule has 3 nitrogen and oxygen atoms in total. The molecule has 0 saturated heterocycles. The number of hydrogen-bond acceptors (Lipinski definition) is 2. The molecule has 2 aliphatic rings. The Labute approximate surface area is 373 Å². The second-order valence-corrected chi connectivity index (χ2v) is 16.9. The average Bonchev–Trinajstić information content (AvgIpc) is 3.72. The van der Waals surface area contributed by atoms with Gasteiger partial charge in [-0.05, 0) is 110 Å². The summed E-state index contributed by atoms with van der Waals surface area (Å²) in [7, 11) is 0. The molecule has 0 N–H and O–H groups in total. The van der Waals surface area contributed by atoms with Gasteiger partial charge >= 0.3 is 0 Å². The molecule has 0 saturated carbocycles. The van der Waals surface area contributed by atoms with Gasteiger partial charge in [-0.25, -0.2) is 0 Å². The molecule has 0 atom stereocenters. The van der Waals surface area contributed by atoms with Crippen LogP contribution in [0, 0.1) is 0 Å². The maximum Gasteiger partial charge on any atom is 0.252 e. The summed E-state index contributed by atoms with van der Waals surface area (Å²) in [6.45, 7) is -0.0498. The SMILES string of the molecule is c1ccc(-c2ccc(N3c4ccc(-c5ccccc5)cc4B4c5ccc6c7ccccc7n(-c7ccccc7)c6c5N(c5ccc(-c6ccccc6)cc5)c5cccc3c54)cc2)cc1. The molecule has 0 aliphatic carbocycles. The second-order valence-electron chi connectivity index (χ2n) is 16.9. The van der Waals surface area contributed by atoms with Crippen molar-refractivity contribution in [2.45, 2.75) is 0 Å². The quantitative estimate of drug-likeness (QED) is 0.155. The molecule has 1 aromatic heterocycles. The van der Waals surface area contributed by atoms with Crippen LogP contribution in [0.3, 0.4) is 0 Å². The van der Waals surface area contributed by atoms with E-state index in [9.17, 15) is 0 Å². The summed E-state index contributed by atoms with van der Waals surface area (Å²) in [5.41, 5.74) is 21.6. The first kappa shape index (κ1) is 36.3. The minimum Gasteiger partial charge on any atom is -0.311 e. The minimum absolute atomic E-state index is 0.0498. The molecule has 11 aromatic rings. The Kier molecular flexibility index (Phi) is 8.32. The van der Waals surface area contributed by atoms with Gasteiger partial charge in [0, 0.05) is 44.9 Å². The van der Waals surface area contributed by atoms with Crippen LogP contribution in [0.5, 0.6) is 0 Å². The standard InChI is InChI=1S/C60H40BN3/c1-5-16-41(17-6-1)44-28-33-48(34-29-44)62-55-39-32-46(43-20-9-3-10-21-43)40-53(55)61-52-38-37-51-50-24-13-14-25-54(50)63(47-22-11-4-12-23-47)59(51)60(52)64(57-27-15-26-56(62)58(57)61)49-35-30-45(31-36-49)42-18-7-2-8-19-42/h1-40H. The highest BCUT2D eigenvalue weighted by Gasteiger charge is 2.44. The van der Waals surface area contributed by atoms with E-state index in [0.717, 1.165) is 17.1 Å². The largest absolute Gasteiger partial charge is 0.311 e. The van der Waals surface area contributed by atoms with Gasteiger partial charge in [0.05, 0.1) is 16.7 Å². The van der Waals surface area contributed by atoms with Crippen molar-refractivity contribution in [2.24, 2.45) is 0 Å². The Morgan fingerprint density at radius 2 is 0.797 bits per heavy atom. The highest BCUT2D eigenvalue weighted by atomic mass is 15.2. The Morgan fingerprint density at radius 3 is 1.42 bits per heavy atom. The van der Waals surface area contributed by atoms with Crippen LogP contribution in [0.1, 0.15) is 0 Å². The topological polar surface area (TPSA) is 11.4 Å². The van der Waals surface area contributed by atoms with Crippen LogP contribution < -0.4 is 26.2 Å². The number of para-hydroxylation sites is 2. The van der Waals surface area contributed by atoms with Crippen molar-refractivity contribution in [2.75, 3.05) is 9.80 Å². The molecule has 0 amide bonds. The van der Waals surface area contributed by atoms with Gasteiger partial charge in [0.1, 0.15) is 0 Å². The molecule has 13 rings (SSSR count). The van der Waals surface area contributed by atoms with Crippen molar-refractivity contribution in [3.63, 3.8) is 0 Å². The Morgan fingerprint density at radius 1 is 0.297 bits per heavy atom. The number of nitrogens with zero attached hydrogens (tertiary/aromatic N) is 3. The summed E-state index contributed by atoms with van der Waals surface area (Å²) in [5, 5.41) is 2.47. The lowest BCUT2D eigenvalue weighted by molar-refractivity contribution is 1.17. The summed E-state index contributed by atoms with van der Waals surface area (Å²) in [6.07, 6.45) is 0. The highest BCUT2D eigenvalue weighted by Crippen LogP contribution is 2.48. The number of hydrogen-bond donors (Lipinski definition) is 0. The van der Waals surface area contributed by atoms with Crippen LogP contribution in [0.15, 0.2) is 243 Å². The summed E-state index contributed by atoms with van der Waals surface area (Å²) in [5.74, 6) is 0. The van der Waals surface area contributed by atoms with E-state index in [-0.39, 0.29) is 6.71 Å². The summed E-state index contributed by atoms with van der Waals surface area (Å²) >= 11 is 0. The van der Waals surface area contributed by atoms with Gasteiger partial charge in [0.2, 0.25) is 0 Å². The zero-order chi connectivity index (χ0) is 42.1. The number of rotatable bonds is 6. The summed E-state index contributed by atoms with van der Waals surface area (Å²) in [6, 6.07) is 89.1. The highest BCUT2D eigenvalue weighted by molar-refractivity contribution is 7.00. The number of anilines is 6. The third-order valence-corrected chi connectivity index (χ3v) is 13.4. The second kappa shape index (κ2) is 14.6. The van der Waals surface area contributed by atoms with E-state index in [4.69, 9.17) is 0 Å². The smallest absolute Gasteiger partial charge is 0.252 e. The third kappa shape index (κ3) is 5.63. The molecule has 0 radical (unpaired) electrons. The van der Waals surface area contributed by atoms with Crippen molar-refractivity contribution in [3.05, 3.63) is 243 Å². The number of aromatic nitrogens is 1. The van der Waals surface area contributed by atoms with E-state index in [1.807, 2.05) is 0 Å². The van der Waals surface area contributed by atoms with E-state index in [1.54, 1.807) is 0 Å². The molecule has 2 aliphatic heterocycles. The van der Waals surface area contributed by atoms with Crippen molar-refractivity contribution in [3.8, 4) is 39.1 Å². The average molecular weight is 814 g/mol. The molecule has 0 unspecified atom stereocenters. The molecule has 4 heteroatoms. The fourth-order valence-electron chi connectivity index (χ4n) is 10.5. The Bertz CT molecular complexity index is 3530. The maximum absolute atomic E-state index is 2.56. The molecule has 298 valence electrons. The predicted molar refractivity (Wildman–Crippen MR) is 271 cm³/mol. The fourth-order valence-corrected chi connectivity index (χ4v) is 10.5. The van der Waals surface area contributed by atoms with Crippen LogP contribution in [-0.2, 0) is 0 Å². The first-order chi connectivity index (χ1) is 31.8. The van der Waals surface area contributed by atoms with E-state index >= 15 is 0 Å².